The number of nitrogens with zero attached hydrogens (tertiary/aromatic N) is 2. The largest absolute Gasteiger partial charge is 0.481 e. The van der Waals surface area contributed by atoms with E-state index in [1.807, 2.05) is 32.2 Å². The predicted octanol–water partition coefficient (Wildman–Crippen LogP) is 2.22. The Bertz CT molecular complexity index is 531. The molecule has 0 radical (unpaired) electrons. The van der Waals surface area contributed by atoms with Crippen molar-refractivity contribution in [1.82, 2.24) is 9.61 Å². The molecule has 16 heavy (non-hydrogen) atoms. The molecular weight excluding hydrogens is 204 g/mol. The number of aryl methyl sites for hydroxylation is 1. The molecule has 0 fully saturated rings. The van der Waals surface area contributed by atoms with Crippen molar-refractivity contribution in [2.75, 3.05) is 0 Å². The number of carbonyl (C=O) groups is 1. The Kier molecular flexibility index (Phi) is 2.64. The fraction of sp³-hybridized carbons (Fsp3) is 0.333. The minimum absolute atomic E-state index is 0.0169. The average Bonchev–Trinajstić information content (AvgIpc) is 2.59. The third-order valence-corrected chi connectivity index (χ3v) is 2.72. The van der Waals surface area contributed by atoms with Crippen LogP contribution in [0.25, 0.3) is 5.52 Å². The van der Waals surface area contributed by atoms with Gasteiger partial charge in [0.05, 0.1) is 18.1 Å². The normalized spacial score (nSPS) is 12.9. The van der Waals surface area contributed by atoms with Crippen molar-refractivity contribution in [3.8, 4) is 0 Å². The minimum Gasteiger partial charge on any atom is -0.481 e. The number of pyridine rings is 1. The van der Waals surface area contributed by atoms with E-state index in [0.29, 0.717) is 0 Å². The van der Waals surface area contributed by atoms with E-state index in [9.17, 15) is 4.79 Å². The third-order valence-electron chi connectivity index (χ3n) is 2.72. The second kappa shape index (κ2) is 3.96. The molecule has 0 bridgehead atoms. The van der Waals surface area contributed by atoms with Gasteiger partial charge < -0.3 is 5.11 Å². The van der Waals surface area contributed by atoms with Crippen LogP contribution < -0.4 is 0 Å². The molecule has 2 rings (SSSR count). The summed E-state index contributed by atoms with van der Waals surface area (Å²) in [5, 5.41) is 13.0. The first kappa shape index (κ1) is 10.7. The summed E-state index contributed by atoms with van der Waals surface area (Å²) in [5.41, 5.74) is 3.14. The van der Waals surface area contributed by atoms with Gasteiger partial charge in [-0.3, -0.25) is 4.79 Å². The lowest BCUT2D eigenvalue weighted by atomic mass is 9.99. The number of carboxylic acids is 1. The molecule has 2 heterocycles. The quantitative estimate of drug-likeness (QED) is 0.859. The average molecular weight is 218 g/mol. The van der Waals surface area contributed by atoms with Gasteiger partial charge in [0, 0.05) is 11.8 Å². The van der Waals surface area contributed by atoms with E-state index in [-0.39, 0.29) is 12.3 Å². The van der Waals surface area contributed by atoms with Gasteiger partial charge in [-0.25, -0.2) is 4.52 Å². The van der Waals surface area contributed by atoms with Gasteiger partial charge >= 0.3 is 5.97 Å². The van der Waals surface area contributed by atoms with Crippen molar-refractivity contribution < 1.29 is 9.90 Å². The molecule has 4 heteroatoms. The highest BCUT2D eigenvalue weighted by Crippen LogP contribution is 2.24. The highest BCUT2D eigenvalue weighted by atomic mass is 16.4. The van der Waals surface area contributed by atoms with Crippen LogP contribution >= 0.6 is 0 Å². The molecule has 0 aliphatic carbocycles. The summed E-state index contributed by atoms with van der Waals surface area (Å²) >= 11 is 0. The van der Waals surface area contributed by atoms with E-state index in [0.717, 1.165) is 16.6 Å². The van der Waals surface area contributed by atoms with Crippen molar-refractivity contribution in [2.24, 2.45) is 0 Å². The number of aromatic nitrogens is 2. The van der Waals surface area contributed by atoms with E-state index in [4.69, 9.17) is 5.11 Å². The van der Waals surface area contributed by atoms with Crippen LogP contribution in [0.5, 0.6) is 0 Å². The zero-order chi connectivity index (χ0) is 11.7. The maximum atomic E-state index is 10.7. The molecule has 0 amide bonds. The maximum absolute atomic E-state index is 10.7. The molecule has 0 aromatic carbocycles. The van der Waals surface area contributed by atoms with Gasteiger partial charge in [-0.2, -0.15) is 5.10 Å². The highest BCUT2D eigenvalue weighted by molar-refractivity contribution is 5.69. The molecule has 2 aromatic rings. The van der Waals surface area contributed by atoms with Crippen LogP contribution in [-0.2, 0) is 4.79 Å². The Hall–Kier alpha value is -1.84. The lowest BCUT2D eigenvalue weighted by Crippen LogP contribution is -2.02. The molecule has 1 N–H and O–H groups in total. The first-order valence-electron chi connectivity index (χ1n) is 5.23. The van der Waals surface area contributed by atoms with Crippen molar-refractivity contribution in [3.05, 3.63) is 35.7 Å². The Balaban J connectivity index is 2.44. The molecule has 4 nitrogen and oxygen atoms in total. The summed E-state index contributed by atoms with van der Waals surface area (Å²) in [4.78, 5) is 10.7. The Morgan fingerprint density at radius 3 is 3.06 bits per heavy atom. The number of fused-ring (bicyclic) bond motifs is 1. The summed E-state index contributed by atoms with van der Waals surface area (Å²) in [5.74, 6) is -0.795. The molecule has 2 aromatic heterocycles. The SMILES string of the molecule is Cc1ccn2ncc(C(C)CC(=O)O)c2c1. The molecule has 1 unspecified atom stereocenters. The predicted molar refractivity (Wildman–Crippen MR) is 60.6 cm³/mol. The van der Waals surface area contributed by atoms with Gasteiger partial charge in [0.1, 0.15) is 0 Å². The fourth-order valence-electron chi connectivity index (χ4n) is 1.86. The summed E-state index contributed by atoms with van der Waals surface area (Å²) in [7, 11) is 0. The molecule has 1 atom stereocenters. The Morgan fingerprint density at radius 1 is 1.62 bits per heavy atom. The summed E-state index contributed by atoms with van der Waals surface area (Å²) < 4.78 is 1.78. The van der Waals surface area contributed by atoms with Gasteiger partial charge in [0.2, 0.25) is 0 Å². The van der Waals surface area contributed by atoms with E-state index in [1.165, 1.54) is 0 Å². The van der Waals surface area contributed by atoms with Crippen molar-refractivity contribution in [1.29, 1.82) is 0 Å². The van der Waals surface area contributed by atoms with Gasteiger partial charge in [-0.05, 0) is 30.5 Å². The van der Waals surface area contributed by atoms with Crippen LogP contribution in [0.4, 0.5) is 0 Å². The number of hydrogen-bond donors (Lipinski definition) is 1. The van der Waals surface area contributed by atoms with E-state index in [2.05, 4.69) is 5.10 Å². The number of hydrogen-bond acceptors (Lipinski definition) is 2. The van der Waals surface area contributed by atoms with Gasteiger partial charge in [-0.1, -0.05) is 6.92 Å². The lowest BCUT2D eigenvalue weighted by molar-refractivity contribution is -0.137. The van der Waals surface area contributed by atoms with Crippen molar-refractivity contribution in [3.63, 3.8) is 0 Å². The zero-order valence-corrected chi connectivity index (χ0v) is 9.34. The molecular formula is C12H14N2O2. The van der Waals surface area contributed by atoms with Crippen molar-refractivity contribution >= 4 is 11.5 Å². The first-order valence-corrected chi connectivity index (χ1v) is 5.23. The number of carboxylic acid groups (broad SMARTS) is 1. The smallest absolute Gasteiger partial charge is 0.303 e. The minimum atomic E-state index is -0.778. The number of aliphatic carboxylic acids is 1. The summed E-state index contributed by atoms with van der Waals surface area (Å²) in [6.07, 6.45) is 3.78. The number of rotatable bonds is 3. The Morgan fingerprint density at radius 2 is 2.38 bits per heavy atom. The maximum Gasteiger partial charge on any atom is 0.303 e. The monoisotopic (exact) mass is 218 g/mol. The van der Waals surface area contributed by atoms with Gasteiger partial charge in [-0.15, -0.1) is 0 Å². The molecule has 0 saturated heterocycles. The van der Waals surface area contributed by atoms with E-state index >= 15 is 0 Å². The molecule has 84 valence electrons. The molecule has 0 aliphatic rings. The Labute approximate surface area is 93.5 Å². The lowest BCUT2D eigenvalue weighted by Gasteiger charge is -2.06. The summed E-state index contributed by atoms with van der Waals surface area (Å²) in [6, 6.07) is 4.01. The topological polar surface area (TPSA) is 54.6 Å². The zero-order valence-electron chi connectivity index (χ0n) is 9.34. The molecule has 0 saturated carbocycles. The van der Waals surface area contributed by atoms with Crippen LogP contribution in [-0.4, -0.2) is 20.7 Å². The van der Waals surface area contributed by atoms with Crippen LogP contribution in [0.3, 0.4) is 0 Å². The van der Waals surface area contributed by atoms with Crippen molar-refractivity contribution in [2.45, 2.75) is 26.2 Å². The first-order chi connectivity index (χ1) is 7.58. The van der Waals surface area contributed by atoms with Crippen LogP contribution in [0, 0.1) is 6.92 Å². The van der Waals surface area contributed by atoms with Crippen LogP contribution in [0.2, 0.25) is 0 Å². The van der Waals surface area contributed by atoms with Crippen LogP contribution in [0.15, 0.2) is 24.5 Å². The van der Waals surface area contributed by atoms with Gasteiger partial charge in [0.25, 0.3) is 0 Å². The summed E-state index contributed by atoms with van der Waals surface area (Å²) in [6.45, 7) is 3.92. The van der Waals surface area contributed by atoms with Crippen LogP contribution in [0.1, 0.15) is 30.4 Å². The second-order valence-electron chi connectivity index (χ2n) is 4.13. The molecule has 0 spiro atoms. The standard InChI is InChI=1S/C12H14N2O2/c1-8-3-4-14-11(5-8)10(7-13-14)9(2)6-12(15)16/h3-5,7,9H,6H2,1-2H3,(H,15,16). The highest BCUT2D eigenvalue weighted by Gasteiger charge is 2.14. The van der Waals surface area contributed by atoms with E-state index in [1.54, 1.807) is 10.7 Å². The van der Waals surface area contributed by atoms with Gasteiger partial charge in [0.15, 0.2) is 0 Å². The fourth-order valence-corrected chi connectivity index (χ4v) is 1.86. The molecule has 0 aliphatic heterocycles. The van der Waals surface area contributed by atoms with E-state index < -0.39 is 5.97 Å². The second-order valence-corrected chi connectivity index (χ2v) is 4.13. The third kappa shape index (κ3) is 1.91.